The predicted octanol–water partition coefficient (Wildman–Crippen LogP) is 2.66. The van der Waals surface area contributed by atoms with Gasteiger partial charge in [0.25, 0.3) is 15.7 Å². The molecule has 2 aromatic heterocycles. The highest BCUT2D eigenvalue weighted by atomic mass is 32.2. The second-order valence-electron chi connectivity index (χ2n) is 7.99. The van der Waals surface area contributed by atoms with Gasteiger partial charge in [-0.15, -0.1) is 0 Å². The molecular formula is C25H24N4O6S. The average Bonchev–Trinajstić information content (AvgIpc) is 3.34. The Morgan fingerprint density at radius 1 is 1.06 bits per heavy atom. The summed E-state index contributed by atoms with van der Waals surface area (Å²) in [4.78, 5) is 24.3. The van der Waals surface area contributed by atoms with Gasteiger partial charge in [0.1, 0.15) is 0 Å². The Morgan fingerprint density at radius 2 is 1.83 bits per heavy atom. The molecule has 11 heteroatoms. The molecule has 0 radical (unpaired) electrons. The van der Waals surface area contributed by atoms with Crippen LogP contribution in [0.25, 0.3) is 11.3 Å². The van der Waals surface area contributed by atoms with E-state index < -0.39 is 16.1 Å². The normalized spacial score (nSPS) is 11.4. The fourth-order valence-electron chi connectivity index (χ4n) is 3.44. The summed E-state index contributed by atoms with van der Waals surface area (Å²) >= 11 is 0. The first kappa shape index (κ1) is 25.0. The van der Waals surface area contributed by atoms with Gasteiger partial charge in [0.15, 0.2) is 0 Å². The number of aromatic nitrogens is 4. The van der Waals surface area contributed by atoms with Gasteiger partial charge in [0.2, 0.25) is 0 Å². The summed E-state index contributed by atoms with van der Waals surface area (Å²) in [7, 11) is -2.56. The predicted molar refractivity (Wildman–Crippen MR) is 131 cm³/mol. The lowest BCUT2D eigenvalue weighted by atomic mass is 10.1. The minimum absolute atomic E-state index is 0.0952. The van der Waals surface area contributed by atoms with Gasteiger partial charge in [0.05, 0.1) is 49.2 Å². The zero-order valence-electron chi connectivity index (χ0n) is 19.7. The third kappa shape index (κ3) is 5.93. The highest BCUT2D eigenvalue weighted by Crippen LogP contribution is 2.16. The number of nitrogens with zero attached hydrogens (tertiary/aromatic N) is 4. The summed E-state index contributed by atoms with van der Waals surface area (Å²) in [6.45, 7) is 2.14. The minimum Gasteiger partial charge on any atom is -0.465 e. The van der Waals surface area contributed by atoms with Crippen molar-refractivity contribution in [3.05, 3.63) is 100 Å². The number of carbonyl (C=O) groups is 1. The summed E-state index contributed by atoms with van der Waals surface area (Å²) < 4.78 is 37.4. The van der Waals surface area contributed by atoms with Crippen LogP contribution in [-0.2, 0) is 32.1 Å². The molecule has 0 aliphatic heterocycles. The van der Waals surface area contributed by atoms with E-state index in [2.05, 4.69) is 10.2 Å². The Morgan fingerprint density at radius 3 is 2.58 bits per heavy atom. The number of ether oxygens (including phenoxy) is 1. The molecule has 0 atom stereocenters. The molecule has 0 spiro atoms. The van der Waals surface area contributed by atoms with Crippen molar-refractivity contribution >= 4 is 16.1 Å². The number of benzene rings is 2. The average molecular weight is 509 g/mol. The van der Waals surface area contributed by atoms with Crippen molar-refractivity contribution in [2.75, 3.05) is 13.7 Å². The van der Waals surface area contributed by atoms with E-state index in [1.165, 1.54) is 34.7 Å². The monoisotopic (exact) mass is 508 g/mol. The number of hydrogen-bond donors (Lipinski definition) is 0. The van der Waals surface area contributed by atoms with Crippen molar-refractivity contribution < 1.29 is 22.1 Å². The molecule has 10 nitrogen and oxygen atoms in total. The van der Waals surface area contributed by atoms with Crippen LogP contribution in [0.15, 0.2) is 82.7 Å². The molecule has 0 unspecified atom stereocenters. The Hall–Kier alpha value is -4.09. The molecule has 2 aromatic carbocycles. The van der Waals surface area contributed by atoms with Gasteiger partial charge in [-0.1, -0.05) is 29.8 Å². The van der Waals surface area contributed by atoms with Gasteiger partial charge in [-0.2, -0.15) is 18.6 Å². The molecule has 0 fully saturated rings. The van der Waals surface area contributed by atoms with E-state index in [1.807, 2.05) is 6.92 Å². The van der Waals surface area contributed by atoms with Gasteiger partial charge in [-0.05, 0) is 42.8 Å². The lowest BCUT2D eigenvalue weighted by Crippen LogP contribution is -2.23. The topological polar surface area (TPSA) is 122 Å². The second-order valence-corrected chi connectivity index (χ2v) is 9.60. The molecule has 186 valence electrons. The zero-order chi connectivity index (χ0) is 25.7. The van der Waals surface area contributed by atoms with Crippen LogP contribution in [0, 0.1) is 6.92 Å². The van der Waals surface area contributed by atoms with E-state index in [0.29, 0.717) is 22.4 Å². The van der Waals surface area contributed by atoms with Crippen LogP contribution in [0.1, 0.15) is 21.5 Å². The van der Waals surface area contributed by atoms with Gasteiger partial charge in [0, 0.05) is 17.8 Å². The lowest BCUT2D eigenvalue weighted by Gasteiger charge is -2.08. The smallest absolute Gasteiger partial charge is 0.337 e. The number of rotatable bonds is 9. The van der Waals surface area contributed by atoms with Crippen molar-refractivity contribution in [1.29, 1.82) is 0 Å². The summed E-state index contributed by atoms with van der Waals surface area (Å²) in [5, 5.41) is 8.66. The van der Waals surface area contributed by atoms with Crippen LogP contribution >= 0.6 is 0 Å². The fraction of sp³-hybridized carbons (Fsp3) is 0.200. The zero-order valence-corrected chi connectivity index (χ0v) is 20.5. The van der Waals surface area contributed by atoms with E-state index >= 15 is 0 Å². The molecule has 0 N–H and O–H groups in total. The fourth-order valence-corrected chi connectivity index (χ4v) is 4.33. The number of methoxy groups -OCH3 is 1. The minimum atomic E-state index is -3.86. The van der Waals surface area contributed by atoms with Crippen molar-refractivity contribution in [2.24, 2.45) is 0 Å². The summed E-state index contributed by atoms with van der Waals surface area (Å²) in [6, 6.07) is 16.2. The maximum absolute atomic E-state index is 12.4. The molecule has 36 heavy (non-hydrogen) atoms. The van der Waals surface area contributed by atoms with Crippen molar-refractivity contribution in [3.8, 4) is 11.3 Å². The number of esters is 1. The second kappa shape index (κ2) is 10.7. The van der Waals surface area contributed by atoms with E-state index in [9.17, 15) is 18.0 Å². The van der Waals surface area contributed by atoms with E-state index in [1.54, 1.807) is 54.9 Å². The molecule has 2 heterocycles. The summed E-state index contributed by atoms with van der Waals surface area (Å²) in [6.07, 6.45) is 3.26. The SMILES string of the molecule is COC(=O)c1cccc(Cn2nc(-c3cnn(CCOS(=O)(=O)c4ccc(C)cc4)c3)ccc2=O)c1. The summed E-state index contributed by atoms with van der Waals surface area (Å²) in [5.74, 6) is -0.464. The van der Waals surface area contributed by atoms with Gasteiger partial charge < -0.3 is 4.74 Å². The van der Waals surface area contributed by atoms with E-state index in [4.69, 9.17) is 8.92 Å². The molecule has 0 aliphatic carbocycles. The van der Waals surface area contributed by atoms with Crippen molar-refractivity contribution in [1.82, 2.24) is 19.6 Å². The van der Waals surface area contributed by atoms with Crippen LogP contribution in [0.5, 0.6) is 0 Å². The van der Waals surface area contributed by atoms with Gasteiger partial charge in [-0.3, -0.25) is 13.7 Å². The third-order valence-corrected chi connectivity index (χ3v) is 6.67. The summed E-state index contributed by atoms with van der Waals surface area (Å²) in [5.41, 5.74) is 2.91. The maximum Gasteiger partial charge on any atom is 0.337 e. The Balaban J connectivity index is 1.43. The molecule has 0 saturated carbocycles. The highest BCUT2D eigenvalue weighted by molar-refractivity contribution is 7.86. The molecular weight excluding hydrogens is 484 g/mol. The Kier molecular flexibility index (Phi) is 7.41. The third-order valence-electron chi connectivity index (χ3n) is 5.34. The molecule has 0 amide bonds. The first-order valence-electron chi connectivity index (χ1n) is 11.0. The molecule has 0 aliphatic rings. The number of hydrogen-bond acceptors (Lipinski definition) is 8. The van der Waals surface area contributed by atoms with Gasteiger partial charge in [-0.25, -0.2) is 9.48 Å². The van der Waals surface area contributed by atoms with Crippen LogP contribution in [0.3, 0.4) is 0 Å². The highest BCUT2D eigenvalue weighted by Gasteiger charge is 2.15. The number of carbonyl (C=O) groups excluding carboxylic acids is 1. The first-order chi connectivity index (χ1) is 17.2. The van der Waals surface area contributed by atoms with Gasteiger partial charge >= 0.3 is 5.97 Å². The van der Waals surface area contributed by atoms with Crippen molar-refractivity contribution in [3.63, 3.8) is 0 Å². The van der Waals surface area contributed by atoms with E-state index in [0.717, 1.165) is 5.56 Å². The van der Waals surface area contributed by atoms with Crippen LogP contribution in [0.2, 0.25) is 0 Å². The standard InChI is InChI=1S/C25H24N4O6S/c1-18-6-8-22(9-7-18)36(32,33)35-13-12-28-17-21(15-26-28)23-10-11-24(30)29(27-23)16-19-4-3-5-20(14-19)25(31)34-2/h3-11,14-15,17H,12-13,16H2,1-2H3. The molecule has 4 aromatic rings. The molecule has 0 bridgehead atoms. The largest absolute Gasteiger partial charge is 0.465 e. The first-order valence-corrected chi connectivity index (χ1v) is 12.4. The Bertz CT molecular complexity index is 1540. The Labute approximate surface area is 207 Å². The maximum atomic E-state index is 12.4. The van der Waals surface area contributed by atoms with Crippen LogP contribution in [0.4, 0.5) is 0 Å². The lowest BCUT2D eigenvalue weighted by molar-refractivity contribution is 0.0600. The van der Waals surface area contributed by atoms with Crippen LogP contribution in [-0.4, -0.2) is 47.7 Å². The molecule has 0 saturated heterocycles. The number of aryl methyl sites for hydroxylation is 1. The quantitative estimate of drug-likeness (QED) is 0.250. The van der Waals surface area contributed by atoms with E-state index in [-0.39, 0.29) is 30.2 Å². The van der Waals surface area contributed by atoms with Crippen molar-refractivity contribution in [2.45, 2.75) is 24.9 Å². The molecule has 4 rings (SSSR count). The van der Waals surface area contributed by atoms with Crippen LogP contribution < -0.4 is 5.56 Å².